The van der Waals surface area contributed by atoms with Gasteiger partial charge >= 0.3 is 6.61 Å². The molecular formula is C25H29F2N3O4. The molecule has 1 aliphatic heterocycles. The summed E-state index contributed by atoms with van der Waals surface area (Å²) >= 11 is 0. The normalized spacial score (nSPS) is 18.1. The number of hydrogen-bond acceptors (Lipinski definition) is 5. The summed E-state index contributed by atoms with van der Waals surface area (Å²) in [5.41, 5.74) is 7.13. The second-order valence-electron chi connectivity index (χ2n) is 8.78. The predicted molar refractivity (Wildman–Crippen MR) is 123 cm³/mol. The Morgan fingerprint density at radius 3 is 2.50 bits per heavy atom. The van der Waals surface area contributed by atoms with Crippen LogP contribution in [0.15, 0.2) is 48.5 Å². The molecule has 2 fully saturated rings. The Hall–Kier alpha value is -3.36. The number of carbonyl (C=O) groups excluding carboxylic acids is 2. The van der Waals surface area contributed by atoms with E-state index < -0.39 is 12.5 Å². The van der Waals surface area contributed by atoms with Gasteiger partial charge in [-0.05, 0) is 42.9 Å². The molecule has 7 nitrogen and oxygen atoms in total. The lowest BCUT2D eigenvalue weighted by Gasteiger charge is -2.42. The van der Waals surface area contributed by atoms with Crippen LogP contribution >= 0.6 is 0 Å². The van der Waals surface area contributed by atoms with Crippen LogP contribution in [0.2, 0.25) is 0 Å². The molecule has 9 heteroatoms. The van der Waals surface area contributed by atoms with Crippen LogP contribution in [0.1, 0.15) is 24.8 Å². The van der Waals surface area contributed by atoms with Crippen LogP contribution in [-0.4, -0.2) is 55.6 Å². The maximum absolute atomic E-state index is 12.9. The standard InChI is InChI=1S/C25H29F2N3O4/c26-25(27)34-21-9-8-19(13-22(21)33-16-18-6-7-18)29-10-11-30(24(32)14-23(28)31)20(15-29)12-17-4-2-1-3-5-17/h1-5,8-9,13,18,20,25H,6-7,10-12,14-16H2,(H2,28,31). The van der Waals surface area contributed by atoms with E-state index in [1.807, 2.05) is 30.3 Å². The number of hydrogen-bond donors (Lipinski definition) is 1. The number of piperazine rings is 1. The number of alkyl halides is 2. The van der Waals surface area contributed by atoms with Crippen molar-refractivity contribution in [2.24, 2.45) is 11.7 Å². The highest BCUT2D eigenvalue weighted by Gasteiger charge is 2.32. The summed E-state index contributed by atoms with van der Waals surface area (Å²) in [5, 5.41) is 0. The Morgan fingerprint density at radius 2 is 1.82 bits per heavy atom. The summed E-state index contributed by atoms with van der Waals surface area (Å²) in [4.78, 5) is 27.9. The Kier molecular flexibility index (Phi) is 7.49. The molecule has 0 radical (unpaired) electrons. The lowest BCUT2D eigenvalue weighted by Crippen LogP contribution is -2.56. The molecule has 2 aromatic rings. The van der Waals surface area contributed by atoms with Crippen LogP contribution in [-0.2, 0) is 16.0 Å². The SMILES string of the molecule is NC(=O)CC(=O)N1CCN(c2ccc(OC(F)F)c(OCC3CC3)c2)CC1Cc1ccccc1. The molecule has 1 aliphatic carbocycles. The quantitative estimate of drug-likeness (QED) is 0.536. The minimum absolute atomic E-state index is 0.00973. The maximum Gasteiger partial charge on any atom is 0.387 e. The van der Waals surface area contributed by atoms with Crippen LogP contribution in [0.3, 0.4) is 0 Å². The van der Waals surface area contributed by atoms with Gasteiger partial charge in [0.15, 0.2) is 11.5 Å². The fraction of sp³-hybridized carbons (Fsp3) is 0.440. The summed E-state index contributed by atoms with van der Waals surface area (Å²) in [6, 6.07) is 14.6. The molecule has 34 heavy (non-hydrogen) atoms. The first-order valence-electron chi connectivity index (χ1n) is 11.5. The van der Waals surface area contributed by atoms with Crippen molar-refractivity contribution in [1.82, 2.24) is 4.90 Å². The van der Waals surface area contributed by atoms with Gasteiger partial charge in [-0.15, -0.1) is 0 Å². The summed E-state index contributed by atoms with van der Waals surface area (Å²) in [6.45, 7) is -1.03. The van der Waals surface area contributed by atoms with E-state index in [1.165, 1.54) is 6.07 Å². The van der Waals surface area contributed by atoms with E-state index in [0.29, 0.717) is 38.6 Å². The number of carbonyl (C=O) groups is 2. The molecule has 0 aromatic heterocycles. The van der Waals surface area contributed by atoms with E-state index in [4.69, 9.17) is 10.5 Å². The van der Waals surface area contributed by atoms with Gasteiger partial charge in [-0.25, -0.2) is 0 Å². The number of anilines is 1. The molecule has 1 saturated carbocycles. The Balaban J connectivity index is 1.54. The van der Waals surface area contributed by atoms with E-state index in [1.54, 1.807) is 17.0 Å². The summed E-state index contributed by atoms with van der Waals surface area (Å²) in [6.07, 6.45) is 2.43. The summed E-state index contributed by atoms with van der Waals surface area (Å²) < 4.78 is 36.2. The van der Waals surface area contributed by atoms with E-state index in [-0.39, 0.29) is 29.9 Å². The van der Waals surface area contributed by atoms with Crippen molar-refractivity contribution in [2.75, 3.05) is 31.1 Å². The Labute approximate surface area is 197 Å². The van der Waals surface area contributed by atoms with E-state index in [2.05, 4.69) is 9.64 Å². The van der Waals surface area contributed by atoms with Gasteiger partial charge in [-0.2, -0.15) is 8.78 Å². The van der Waals surface area contributed by atoms with Gasteiger partial charge in [0.25, 0.3) is 0 Å². The highest BCUT2D eigenvalue weighted by atomic mass is 19.3. The summed E-state index contributed by atoms with van der Waals surface area (Å²) in [7, 11) is 0. The van der Waals surface area contributed by atoms with Crippen LogP contribution in [0.5, 0.6) is 11.5 Å². The number of primary amides is 1. The third-order valence-electron chi connectivity index (χ3n) is 6.12. The van der Waals surface area contributed by atoms with Crippen LogP contribution in [0.25, 0.3) is 0 Å². The third kappa shape index (κ3) is 6.36. The molecule has 2 N–H and O–H groups in total. The lowest BCUT2D eigenvalue weighted by molar-refractivity contribution is -0.137. The van der Waals surface area contributed by atoms with E-state index in [0.717, 1.165) is 24.1 Å². The first kappa shape index (κ1) is 23.8. The number of halogens is 2. The van der Waals surface area contributed by atoms with Gasteiger partial charge in [0.2, 0.25) is 11.8 Å². The van der Waals surface area contributed by atoms with Crippen molar-refractivity contribution in [2.45, 2.75) is 38.3 Å². The molecule has 1 unspecified atom stereocenters. The van der Waals surface area contributed by atoms with Gasteiger partial charge in [0.05, 0.1) is 12.6 Å². The smallest absolute Gasteiger partial charge is 0.387 e. The zero-order valence-electron chi connectivity index (χ0n) is 18.9. The molecule has 2 aromatic carbocycles. The second-order valence-corrected chi connectivity index (χ2v) is 8.78. The van der Waals surface area contributed by atoms with Crippen molar-refractivity contribution in [3.8, 4) is 11.5 Å². The first-order valence-corrected chi connectivity index (χ1v) is 11.5. The van der Waals surface area contributed by atoms with Crippen LogP contribution in [0.4, 0.5) is 14.5 Å². The average Bonchev–Trinajstić information content (AvgIpc) is 3.63. The topological polar surface area (TPSA) is 85.1 Å². The molecule has 0 spiro atoms. The van der Waals surface area contributed by atoms with Crippen LogP contribution in [0, 0.1) is 5.92 Å². The number of ether oxygens (including phenoxy) is 2. The minimum Gasteiger partial charge on any atom is -0.489 e. The zero-order valence-corrected chi connectivity index (χ0v) is 18.9. The molecular weight excluding hydrogens is 444 g/mol. The fourth-order valence-electron chi connectivity index (χ4n) is 4.22. The van der Waals surface area contributed by atoms with Crippen LogP contribution < -0.4 is 20.1 Å². The molecule has 1 saturated heterocycles. The molecule has 4 rings (SSSR count). The second kappa shape index (κ2) is 10.7. The number of nitrogens with zero attached hydrogens (tertiary/aromatic N) is 2. The molecule has 1 atom stereocenters. The van der Waals surface area contributed by atoms with Gasteiger partial charge < -0.3 is 25.0 Å². The van der Waals surface area contributed by atoms with Gasteiger partial charge in [0, 0.05) is 31.4 Å². The van der Waals surface area contributed by atoms with Crippen molar-refractivity contribution in [3.05, 3.63) is 54.1 Å². The van der Waals surface area contributed by atoms with Gasteiger partial charge in [0.1, 0.15) is 6.42 Å². The van der Waals surface area contributed by atoms with E-state index in [9.17, 15) is 18.4 Å². The molecule has 1 heterocycles. The number of benzene rings is 2. The largest absolute Gasteiger partial charge is 0.489 e. The third-order valence-corrected chi connectivity index (χ3v) is 6.12. The monoisotopic (exact) mass is 473 g/mol. The number of amides is 2. The first-order chi connectivity index (χ1) is 16.4. The predicted octanol–water partition coefficient (Wildman–Crippen LogP) is 3.21. The average molecular weight is 474 g/mol. The minimum atomic E-state index is -2.94. The molecule has 2 amide bonds. The zero-order chi connectivity index (χ0) is 24.1. The lowest BCUT2D eigenvalue weighted by atomic mass is 10.0. The van der Waals surface area contributed by atoms with Crippen molar-refractivity contribution in [3.63, 3.8) is 0 Å². The van der Waals surface area contributed by atoms with E-state index >= 15 is 0 Å². The van der Waals surface area contributed by atoms with Gasteiger partial charge in [-0.3, -0.25) is 9.59 Å². The molecule has 2 aliphatic rings. The molecule has 0 bridgehead atoms. The Bertz CT molecular complexity index is 1000. The van der Waals surface area contributed by atoms with Crippen molar-refractivity contribution >= 4 is 17.5 Å². The Morgan fingerprint density at radius 1 is 1.06 bits per heavy atom. The fourth-order valence-corrected chi connectivity index (χ4v) is 4.22. The number of rotatable bonds is 10. The molecule has 182 valence electrons. The summed E-state index contributed by atoms with van der Waals surface area (Å²) in [5.74, 6) is -0.189. The van der Waals surface area contributed by atoms with Crippen molar-refractivity contribution < 1.29 is 27.8 Å². The number of nitrogens with two attached hydrogens (primary N) is 1. The van der Waals surface area contributed by atoms with Gasteiger partial charge in [-0.1, -0.05) is 30.3 Å². The maximum atomic E-state index is 12.9. The van der Waals surface area contributed by atoms with Crippen molar-refractivity contribution in [1.29, 1.82) is 0 Å². The highest BCUT2D eigenvalue weighted by molar-refractivity contribution is 5.96. The highest BCUT2D eigenvalue weighted by Crippen LogP contribution is 2.36.